The molecule has 0 aliphatic carbocycles. The molecule has 0 radical (unpaired) electrons. The topological polar surface area (TPSA) is 49.3 Å². The third kappa shape index (κ3) is 8.86. The van der Waals surface area contributed by atoms with Crippen molar-refractivity contribution in [3.63, 3.8) is 0 Å². The maximum atomic E-state index is 5.75. The number of methoxy groups -OCH3 is 1. The van der Waals surface area contributed by atoms with Crippen LogP contribution in [0.5, 0.6) is 0 Å². The Morgan fingerprint density at radius 1 is 1.10 bits per heavy atom. The van der Waals surface area contributed by atoms with Gasteiger partial charge in [0.2, 0.25) is 0 Å². The van der Waals surface area contributed by atoms with Crippen molar-refractivity contribution >= 4 is 29.9 Å². The van der Waals surface area contributed by atoms with Gasteiger partial charge in [0.1, 0.15) is 0 Å². The van der Waals surface area contributed by atoms with Crippen LogP contribution in [-0.4, -0.2) is 75.4 Å². The average molecular weight is 545 g/mol. The number of ether oxygens (including phenoxy) is 2. The van der Waals surface area contributed by atoms with Gasteiger partial charge in [-0.1, -0.05) is 30.7 Å². The molecule has 1 aromatic carbocycles. The van der Waals surface area contributed by atoms with E-state index in [-0.39, 0.29) is 24.0 Å². The number of piperidine rings is 1. The Kier molecular flexibility index (Phi) is 12.8. The summed E-state index contributed by atoms with van der Waals surface area (Å²) in [5.74, 6) is 1.60. The fourth-order valence-electron chi connectivity index (χ4n) is 4.36. The molecule has 0 amide bonds. The van der Waals surface area contributed by atoms with E-state index in [0.29, 0.717) is 19.1 Å². The second kappa shape index (κ2) is 15.0. The molecule has 3 rings (SSSR count). The van der Waals surface area contributed by atoms with E-state index in [1.165, 1.54) is 43.5 Å². The number of halogens is 1. The molecule has 2 aliphatic rings. The molecule has 2 fully saturated rings. The minimum Gasteiger partial charge on any atom is -0.382 e. The van der Waals surface area contributed by atoms with E-state index in [4.69, 9.17) is 14.5 Å². The van der Waals surface area contributed by atoms with Gasteiger partial charge in [0.15, 0.2) is 5.96 Å². The molecule has 1 atom stereocenters. The first-order chi connectivity index (χ1) is 14.8. The second-order valence-corrected chi connectivity index (χ2v) is 8.44. The van der Waals surface area contributed by atoms with E-state index in [2.05, 4.69) is 46.3 Å². The summed E-state index contributed by atoms with van der Waals surface area (Å²) in [5, 5.41) is 3.50. The summed E-state index contributed by atoms with van der Waals surface area (Å²) in [6, 6.07) is 8.81. The number of hydrogen-bond donors (Lipinski definition) is 1. The highest BCUT2D eigenvalue weighted by molar-refractivity contribution is 14.0. The van der Waals surface area contributed by atoms with Crippen LogP contribution < -0.4 is 5.32 Å². The predicted octanol–water partition coefficient (Wildman–Crippen LogP) is 3.74. The van der Waals surface area contributed by atoms with Gasteiger partial charge in [0, 0.05) is 39.2 Å². The van der Waals surface area contributed by atoms with Gasteiger partial charge in [0.25, 0.3) is 0 Å². The van der Waals surface area contributed by atoms with Crippen molar-refractivity contribution in [2.45, 2.75) is 45.7 Å². The zero-order chi connectivity index (χ0) is 21.0. The molecule has 0 saturated carbocycles. The molecule has 31 heavy (non-hydrogen) atoms. The van der Waals surface area contributed by atoms with E-state index >= 15 is 0 Å². The van der Waals surface area contributed by atoms with Crippen LogP contribution in [0.4, 0.5) is 0 Å². The summed E-state index contributed by atoms with van der Waals surface area (Å²) in [6.45, 7) is 11.5. The van der Waals surface area contributed by atoms with Gasteiger partial charge >= 0.3 is 0 Å². The molecular weight excluding hydrogens is 503 g/mol. The van der Waals surface area contributed by atoms with Crippen LogP contribution >= 0.6 is 24.0 Å². The molecule has 2 heterocycles. The van der Waals surface area contributed by atoms with Crippen LogP contribution in [0.1, 0.15) is 43.7 Å². The molecule has 2 saturated heterocycles. The van der Waals surface area contributed by atoms with Crippen molar-refractivity contribution in [2.24, 2.45) is 10.9 Å². The zero-order valence-electron chi connectivity index (χ0n) is 19.4. The van der Waals surface area contributed by atoms with Crippen molar-refractivity contribution in [3.8, 4) is 0 Å². The highest BCUT2D eigenvalue weighted by Crippen LogP contribution is 2.19. The Bertz CT molecular complexity index is 652. The van der Waals surface area contributed by atoms with Crippen molar-refractivity contribution in [1.82, 2.24) is 15.1 Å². The summed E-state index contributed by atoms with van der Waals surface area (Å²) in [5.41, 5.74) is 2.77. The Morgan fingerprint density at radius 3 is 2.61 bits per heavy atom. The van der Waals surface area contributed by atoms with Crippen LogP contribution in [0.15, 0.2) is 29.3 Å². The number of hydrogen-bond acceptors (Lipinski definition) is 4. The van der Waals surface area contributed by atoms with Gasteiger partial charge in [-0.3, -0.25) is 4.90 Å². The monoisotopic (exact) mass is 544 g/mol. The minimum atomic E-state index is 0. The Hall–Kier alpha value is -0.900. The first kappa shape index (κ1) is 26.4. The first-order valence-electron chi connectivity index (χ1n) is 11.7. The van der Waals surface area contributed by atoms with E-state index in [0.717, 1.165) is 51.7 Å². The molecule has 1 N–H and O–H groups in total. The zero-order valence-corrected chi connectivity index (χ0v) is 21.7. The molecule has 1 aromatic rings. The second-order valence-electron chi connectivity index (χ2n) is 8.44. The molecule has 0 aromatic heterocycles. The summed E-state index contributed by atoms with van der Waals surface area (Å²) >= 11 is 0. The number of nitrogens with one attached hydrogen (secondary N) is 1. The molecule has 0 bridgehead atoms. The Balaban J connectivity index is 0.00000341. The summed E-state index contributed by atoms with van der Waals surface area (Å²) < 4.78 is 10.8. The highest BCUT2D eigenvalue weighted by Gasteiger charge is 2.25. The highest BCUT2D eigenvalue weighted by atomic mass is 127. The van der Waals surface area contributed by atoms with E-state index in [1.807, 2.05) is 0 Å². The average Bonchev–Trinajstić information content (AvgIpc) is 3.25. The molecular formula is C24H41IN4O2. The summed E-state index contributed by atoms with van der Waals surface area (Å²) in [7, 11) is 1.71. The quantitative estimate of drug-likeness (QED) is 0.211. The number of aliphatic imine (C=N–C) groups is 1. The van der Waals surface area contributed by atoms with Crippen LogP contribution in [0, 0.1) is 5.92 Å². The van der Waals surface area contributed by atoms with Crippen LogP contribution in [0.25, 0.3) is 0 Å². The number of guanidine groups is 1. The fraction of sp³-hybridized carbons (Fsp3) is 0.708. The van der Waals surface area contributed by atoms with Gasteiger partial charge in [-0.25, -0.2) is 4.99 Å². The molecule has 0 spiro atoms. The van der Waals surface area contributed by atoms with Crippen LogP contribution in [0.2, 0.25) is 0 Å². The van der Waals surface area contributed by atoms with E-state index in [1.54, 1.807) is 7.11 Å². The van der Waals surface area contributed by atoms with E-state index < -0.39 is 0 Å². The molecule has 176 valence electrons. The molecule has 7 heteroatoms. The fourth-order valence-corrected chi connectivity index (χ4v) is 4.36. The Morgan fingerprint density at radius 2 is 1.87 bits per heavy atom. The number of likely N-dealkylation sites (tertiary alicyclic amines) is 2. The normalized spacial score (nSPS) is 20.0. The molecule has 1 unspecified atom stereocenters. The van der Waals surface area contributed by atoms with Gasteiger partial charge < -0.3 is 19.7 Å². The van der Waals surface area contributed by atoms with Gasteiger partial charge in [-0.2, -0.15) is 0 Å². The standard InChI is InChI=1S/C24H40N4O2.HI/c1-3-25-24(28-14-11-21(18-28)20-30-16-15-29-2)26-17-22-9-5-6-10-23(22)19-27-12-7-4-8-13-27;/h5-6,9-10,21H,3-4,7-8,11-20H2,1-2H3,(H,25,26);1H. The lowest BCUT2D eigenvalue weighted by atomic mass is 10.1. The number of rotatable bonds is 10. The largest absolute Gasteiger partial charge is 0.382 e. The van der Waals surface area contributed by atoms with Crippen molar-refractivity contribution in [2.75, 3.05) is 59.7 Å². The molecule has 2 aliphatic heterocycles. The van der Waals surface area contributed by atoms with Gasteiger partial charge in [-0.05, 0) is 50.4 Å². The number of nitrogens with zero attached hydrogens (tertiary/aromatic N) is 3. The van der Waals surface area contributed by atoms with Crippen LogP contribution in [-0.2, 0) is 22.6 Å². The van der Waals surface area contributed by atoms with E-state index in [9.17, 15) is 0 Å². The SMILES string of the molecule is CCNC(=NCc1ccccc1CN1CCCCC1)N1CCC(COCCOC)C1.I. The maximum Gasteiger partial charge on any atom is 0.194 e. The predicted molar refractivity (Wildman–Crippen MR) is 138 cm³/mol. The minimum absolute atomic E-state index is 0. The third-order valence-corrected chi connectivity index (χ3v) is 6.07. The van der Waals surface area contributed by atoms with Crippen molar-refractivity contribution in [1.29, 1.82) is 0 Å². The van der Waals surface area contributed by atoms with Gasteiger partial charge in [0.05, 0.1) is 26.4 Å². The smallest absolute Gasteiger partial charge is 0.194 e. The summed E-state index contributed by atoms with van der Waals surface area (Å²) in [4.78, 5) is 9.99. The Labute approximate surface area is 205 Å². The number of benzene rings is 1. The van der Waals surface area contributed by atoms with Crippen molar-refractivity contribution in [3.05, 3.63) is 35.4 Å². The first-order valence-corrected chi connectivity index (χ1v) is 11.7. The lowest BCUT2D eigenvalue weighted by molar-refractivity contribution is 0.0536. The summed E-state index contributed by atoms with van der Waals surface area (Å²) in [6.07, 6.45) is 5.19. The lowest BCUT2D eigenvalue weighted by Gasteiger charge is -2.27. The third-order valence-electron chi connectivity index (χ3n) is 6.07. The van der Waals surface area contributed by atoms with Crippen LogP contribution in [0.3, 0.4) is 0 Å². The molecule has 6 nitrogen and oxygen atoms in total. The van der Waals surface area contributed by atoms with Crippen molar-refractivity contribution < 1.29 is 9.47 Å². The lowest BCUT2D eigenvalue weighted by Crippen LogP contribution is -2.40. The maximum absolute atomic E-state index is 5.75. The van der Waals surface area contributed by atoms with Gasteiger partial charge in [-0.15, -0.1) is 24.0 Å².